The Bertz CT molecular complexity index is 310. The second kappa shape index (κ2) is 5.31. The smallest absolute Gasteiger partial charge is 0.0961 e. The Morgan fingerprint density at radius 3 is 3.00 bits per heavy atom. The molecule has 1 aliphatic carbocycles. The first-order valence-electron chi connectivity index (χ1n) is 5.81. The van der Waals surface area contributed by atoms with Crippen LogP contribution < -0.4 is 0 Å². The summed E-state index contributed by atoms with van der Waals surface area (Å²) in [4.78, 5) is 4.71. The van der Waals surface area contributed by atoms with E-state index in [9.17, 15) is 0 Å². The molecule has 0 aromatic carbocycles. The van der Waals surface area contributed by atoms with E-state index in [1.54, 1.807) is 0 Å². The maximum atomic E-state index is 5.72. The van der Waals surface area contributed by atoms with Gasteiger partial charge >= 0.3 is 0 Å². The Hall–Kier alpha value is -0.0800. The zero-order chi connectivity index (χ0) is 10.7. The van der Waals surface area contributed by atoms with Crippen LogP contribution in [0.1, 0.15) is 49.2 Å². The Balaban J connectivity index is 2.06. The van der Waals surface area contributed by atoms with Gasteiger partial charge in [-0.05, 0) is 12.3 Å². The van der Waals surface area contributed by atoms with Gasteiger partial charge in [0, 0.05) is 23.6 Å². The van der Waals surface area contributed by atoms with E-state index in [-0.39, 0.29) is 0 Å². The number of rotatable bonds is 3. The van der Waals surface area contributed by atoms with Crippen LogP contribution in [0, 0.1) is 5.92 Å². The molecule has 2 unspecified atom stereocenters. The van der Waals surface area contributed by atoms with Crippen molar-refractivity contribution in [1.29, 1.82) is 0 Å². The summed E-state index contributed by atoms with van der Waals surface area (Å²) in [6, 6.07) is 0. The van der Waals surface area contributed by atoms with E-state index in [4.69, 9.17) is 16.6 Å². The van der Waals surface area contributed by atoms with Crippen LogP contribution in [0.2, 0.25) is 0 Å². The molecule has 2 atom stereocenters. The highest BCUT2D eigenvalue weighted by molar-refractivity contribution is 7.09. The molecule has 0 saturated heterocycles. The molecular formula is C12H18ClNS. The maximum absolute atomic E-state index is 5.72. The summed E-state index contributed by atoms with van der Waals surface area (Å²) >= 11 is 7.55. The minimum atomic E-state index is 0.684. The zero-order valence-corrected chi connectivity index (χ0v) is 10.8. The average Bonchev–Trinajstić information content (AvgIpc) is 2.68. The number of thiazole rings is 1. The first kappa shape index (κ1) is 11.4. The zero-order valence-electron chi connectivity index (χ0n) is 9.21. The lowest BCUT2D eigenvalue weighted by atomic mass is 9.81. The number of hydrogen-bond acceptors (Lipinski definition) is 2. The fourth-order valence-electron chi connectivity index (χ4n) is 2.39. The largest absolute Gasteiger partial charge is 0.246 e. The summed E-state index contributed by atoms with van der Waals surface area (Å²) in [6.45, 7) is 2.37. The molecule has 15 heavy (non-hydrogen) atoms. The molecule has 1 aromatic rings. The van der Waals surface area contributed by atoms with Gasteiger partial charge in [-0.1, -0.05) is 26.2 Å². The van der Waals surface area contributed by atoms with E-state index in [1.807, 2.05) is 11.3 Å². The van der Waals surface area contributed by atoms with Crippen molar-refractivity contribution in [3.8, 4) is 0 Å². The van der Waals surface area contributed by atoms with Crippen molar-refractivity contribution in [2.45, 2.75) is 44.9 Å². The first-order valence-corrected chi connectivity index (χ1v) is 7.23. The predicted octanol–water partition coefficient (Wildman–Crippen LogP) is 4.22. The summed E-state index contributed by atoms with van der Waals surface area (Å²) in [6.07, 6.45) is 6.39. The molecule has 0 spiro atoms. The van der Waals surface area contributed by atoms with Crippen molar-refractivity contribution in [1.82, 2.24) is 4.98 Å². The van der Waals surface area contributed by atoms with E-state index in [2.05, 4.69) is 12.3 Å². The van der Waals surface area contributed by atoms with Gasteiger partial charge < -0.3 is 0 Å². The second-order valence-corrected chi connectivity index (χ2v) is 5.75. The number of nitrogens with zero attached hydrogens (tertiary/aromatic N) is 1. The molecule has 0 N–H and O–H groups in total. The van der Waals surface area contributed by atoms with Crippen LogP contribution in [0.3, 0.4) is 0 Å². The molecule has 84 valence electrons. The van der Waals surface area contributed by atoms with Gasteiger partial charge in [0.15, 0.2) is 0 Å². The van der Waals surface area contributed by atoms with Gasteiger partial charge in [0.1, 0.15) is 0 Å². The third-order valence-electron chi connectivity index (χ3n) is 3.35. The molecule has 3 heteroatoms. The molecule has 1 fully saturated rings. The van der Waals surface area contributed by atoms with Crippen molar-refractivity contribution in [3.63, 3.8) is 0 Å². The lowest BCUT2D eigenvalue weighted by Gasteiger charge is -2.26. The fraction of sp³-hybridized carbons (Fsp3) is 0.750. The Morgan fingerprint density at radius 1 is 1.47 bits per heavy atom. The van der Waals surface area contributed by atoms with Crippen LogP contribution in [0.25, 0.3) is 0 Å². The third kappa shape index (κ3) is 2.73. The fourth-order valence-corrected chi connectivity index (χ4v) is 3.70. The molecule has 1 saturated carbocycles. The molecule has 0 amide bonds. The lowest BCUT2D eigenvalue weighted by Crippen LogP contribution is -2.14. The van der Waals surface area contributed by atoms with Gasteiger partial charge in [0.05, 0.1) is 10.7 Å². The molecule has 1 heterocycles. The second-order valence-electron chi connectivity index (χ2n) is 4.48. The van der Waals surface area contributed by atoms with Crippen molar-refractivity contribution >= 4 is 22.9 Å². The summed E-state index contributed by atoms with van der Waals surface area (Å²) < 4.78 is 0. The molecule has 1 nitrogen and oxygen atoms in total. The quantitative estimate of drug-likeness (QED) is 0.725. The SMILES string of the molecule is CC1CCCCC1c1nc(CCCl)cs1. The van der Waals surface area contributed by atoms with Gasteiger partial charge in [-0.15, -0.1) is 22.9 Å². The number of alkyl halides is 1. The van der Waals surface area contributed by atoms with Crippen molar-refractivity contribution in [3.05, 3.63) is 16.1 Å². The van der Waals surface area contributed by atoms with E-state index in [0.29, 0.717) is 11.8 Å². The van der Waals surface area contributed by atoms with Crippen molar-refractivity contribution in [2.24, 2.45) is 5.92 Å². The minimum Gasteiger partial charge on any atom is -0.246 e. The molecule has 1 aromatic heterocycles. The van der Waals surface area contributed by atoms with Gasteiger partial charge in [-0.25, -0.2) is 4.98 Å². The number of hydrogen-bond donors (Lipinski definition) is 0. The third-order valence-corrected chi connectivity index (χ3v) is 4.56. The topological polar surface area (TPSA) is 12.9 Å². The minimum absolute atomic E-state index is 0.684. The van der Waals surface area contributed by atoms with Crippen LogP contribution >= 0.6 is 22.9 Å². The van der Waals surface area contributed by atoms with Crippen LogP contribution in [0.4, 0.5) is 0 Å². The number of halogens is 1. The van der Waals surface area contributed by atoms with Gasteiger partial charge in [0.25, 0.3) is 0 Å². The van der Waals surface area contributed by atoms with E-state index in [0.717, 1.165) is 12.3 Å². The van der Waals surface area contributed by atoms with Gasteiger partial charge in [-0.2, -0.15) is 0 Å². The van der Waals surface area contributed by atoms with Gasteiger partial charge in [-0.3, -0.25) is 0 Å². The molecule has 1 aliphatic rings. The Labute approximate surface area is 101 Å². The van der Waals surface area contributed by atoms with Crippen molar-refractivity contribution < 1.29 is 0 Å². The summed E-state index contributed by atoms with van der Waals surface area (Å²) in [5.41, 5.74) is 1.18. The predicted molar refractivity (Wildman–Crippen MR) is 66.9 cm³/mol. The summed E-state index contributed by atoms with van der Waals surface area (Å²) in [7, 11) is 0. The van der Waals surface area contributed by atoms with Crippen LogP contribution in [0.15, 0.2) is 5.38 Å². The maximum Gasteiger partial charge on any atom is 0.0961 e. The molecule has 0 bridgehead atoms. The molecule has 0 radical (unpaired) electrons. The van der Waals surface area contributed by atoms with E-state index >= 15 is 0 Å². The van der Waals surface area contributed by atoms with E-state index in [1.165, 1.54) is 36.4 Å². The number of aromatic nitrogens is 1. The highest BCUT2D eigenvalue weighted by atomic mass is 35.5. The van der Waals surface area contributed by atoms with Gasteiger partial charge in [0.2, 0.25) is 0 Å². The van der Waals surface area contributed by atoms with E-state index < -0.39 is 0 Å². The molecule has 0 aliphatic heterocycles. The average molecular weight is 244 g/mol. The lowest BCUT2D eigenvalue weighted by molar-refractivity contribution is 0.329. The van der Waals surface area contributed by atoms with Crippen LogP contribution in [-0.4, -0.2) is 10.9 Å². The first-order chi connectivity index (χ1) is 7.31. The summed E-state index contributed by atoms with van der Waals surface area (Å²) in [5, 5.41) is 3.53. The normalized spacial score (nSPS) is 26.8. The van der Waals surface area contributed by atoms with Crippen molar-refractivity contribution in [2.75, 3.05) is 5.88 Å². The highest BCUT2D eigenvalue weighted by Crippen LogP contribution is 2.38. The standard InChI is InChI=1S/C12H18ClNS/c1-9-4-2-3-5-11(9)12-14-10(6-7-13)8-15-12/h8-9,11H,2-7H2,1H3. The summed E-state index contributed by atoms with van der Waals surface area (Å²) in [5.74, 6) is 2.21. The van der Waals surface area contributed by atoms with Crippen LogP contribution in [0.5, 0.6) is 0 Å². The Kier molecular flexibility index (Phi) is 4.04. The number of aryl methyl sites for hydroxylation is 1. The Morgan fingerprint density at radius 2 is 2.27 bits per heavy atom. The molecular weight excluding hydrogens is 226 g/mol. The highest BCUT2D eigenvalue weighted by Gasteiger charge is 2.25. The van der Waals surface area contributed by atoms with Crippen LogP contribution in [-0.2, 0) is 6.42 Å². The molecule has 2 rings (SSSR count). The monoisotopic (exact) mass is 243 g/mol.